The maximum atomic E-state index is 12.0. The molecule has 6 heteroatoms. The van der Waals surface area contributed by atoms with E-state index in [1.54, 1.807) is 0 Å². The van der Waals surface area contributed by atoms with Gasteiger partial charge in [-0.3, -0.25) is 14.9 Å². The molecular formula is C14H16ClNO4. The molecule has 0 N–H and O–H groups in total. The molecule has 0 heterocycles. The summed E-state index contributed by atoms with van der Waals surface area (Å²) in [4.78, 5) is 22.2. The Balaban J connectivity index is 1.97. The van der Waals surface area contributed by atoms with Crippen LogP contribution in [0.15, 0.2) is 18.2 Å². The summed E-state index contributed by atoms with van der Waals surface area (Å²) in [5.41, 5.74) is -0.102. The number of ether oxygens (including phenoxy) is 1. The van der Waals surface area contributed by atoms with E-state index in [2.05, 4.69) is 0 Å². The summed E-state index contributed by atoms with van der Waals surface area (Å²) in [6.45, 7) is -0.0778. The van der Waals surface area contributed by atoms with Crippen molar-refractivity contribution < 1.29 is 14.5 Å². The zero-order chi connectivity index (χ0) is 14.5. The molecule has 1 saturated carbocycles. The van der Waals surface area contributed by atoms with Gasteiger partial charge >= 0.3 is 0 Å². The van der Waals surface area contributed by atoms with Crippen molar-refractivity contribution in [3.8, 4) is 5.75 Å². The topological polar surface area (TPSA) is 69.4 Å². The Morgan fingerprint density at radius 2 is 2.05 bits per heavy atom. The molecular weight excluding hydrogens is 282 g/mol. The Bertz CT molecular complexity index is 512. The molecule has 0 aromatic heterocycles. The molecule has 1 aliphatic rings. The number of nitrogens with zero attached hydrogens (tertiary/aromatic N) is 1. The smallest absolute Gasteiger partial charge is 0.273 e. The number of nitro benzene ring substituents is 1. The van der Waals surface area contributed by atoms with Crippen LogP contribution >= 0.6 is 11.6 Å². The highest BCUT2D eigenvalue weighted by atomic mass is 35.5. The molecule has 1 fully saturated rings. The summed E-state index contributed by atoms with van der Waals surface area (Å²) >= 11 is 5.91. The van der Waals surface area contributed by atoms with Crippen LogP contribution in [0.3, 0.4) is 0 Å². The van der Waals surface area contributed by atoms with Crippen LogP contribution in [0.5, 0.6) is 5.75 Å². The molecule has 0 radical (unpaired) electrons. The molecule has 1 aliphatic carbocycles. The van der Waals surface area contributed by atoms with Gasteiger partial charge in [0.25, 0.3) is 5.69 Å². The first-order valence-electron chi connectivity index (χ1n) is 6.67. The van der Waals surface area contributed by atoms with Crippen LogP contribution < -0.4 is 4.74 Å². The largest absolute Gasteiger partial charge is 0.484 e. The third kappa shape index (κ3) is 3.70. The van der Waals surface area contributed by atoms with Crippen LogP contribution in [-0.4, -0.2) is 17.3 Å². The lowest BCUT2D eigenvalue weighted by Gasteiger charge is -2.20. The SMILES string of the molecule is O=C(COc1cc([N+](=O)[O-])ccc1Cl)C1CCCCC1. The van der Waals surface area contributed by atoms with E-state index in [9.17, 15) is 14.9 Å². The van der Waals surface area contributed by atoms with Gasteiger partial charge in [0.15, 0.2) is 5.78 Å². The van der Waals surface area contributed by atoms with Gasteiger partial charge in [0.1, 0.15) is 12.4 Å². The summed E-state index contributed by atoms with van der Waals surface area (Å²) in [6.07, 6.45) is 5.15. The Labute approximate surface area is 122 Å². The molecule has 108 valence electrons. The average Bonchev–Trinajstić information content (AvgIpc) is 2.46. The first-order chi connectivity index (χ1) is 9.58. The monoisotopic (exact) mass is 297 g/mol. The fourth-order valence-corrected chi connectivity index (χ4v) is 2.58. The van der Waals surface area contributed by atoms with Gasteiger partial charge in [-0.25, -0.2) is 0 Å². The quantitative estimate of drug-likeness (QED) is 0.612. The van der Waals surface area contributed by atoms with Gasteiger partial charge in [0.2, 0.25) is 0 Å². The molecule has 5 nitrogen and oxygen atoms in total. The van der Waals surface area contributed by atoms with Crippen molar-refractivity contribution in [2.75, 3.05) is 6.61 Å². The van der Waals surface area contributed by atoms with Crippen LogP contribution in [0, 0.1) is 16.0 Å². The van der Waals surface area contributed by atoms with E-state index in [0.29, 0.717) is 0 Å². The number of nitro groups is 1. The molecule has 0 aliphatic heterocycles. The van der Waals surface area contributed by atoms with E-state index in [0.717, 1.165) is 25.7 Å². The highest BCUT2D eigenvalue weighted by Crippen LogP contribution is 2.30. The number of benzene rings is 1. The summed E-state index contributed by atoms with van der Waals surface area (Å²) in [7, 11) is 0. The van der Waals surface area contributed by atoms with Gasteiger partial charge in [-0.1, -0.05) is 30.9 Å². The van der Waals surface area contributed by atoms with Crippen LogP contribution in [0.2, 0.25) is 5.02 Å². The summed E-state index contributed by atoms with van der Waals surface area (Å²) in [5, 5.41) is 11.0. The van der Waals surface area contributed by atoms with Gasteiger partial charge in [0.05, 0.1) is 16.0 Å². The molecule has 1 aromatic rings. The maximum absolute atomic E-state index is 12.0. The molecule has 20 heavy (non-hydrogen) atoms. The van der Waals surface area contributed by atoms with Gasteiger partial charge in [-0.05, 0) is 18.9 Å². The summed E-state index contributed by atoms with van der Waals surface area (Å²) < 4.78 is 5.36. The van der Waals surface area contributed by atoms with E-state index < -0.39 is 4.92 Å². The standard InChI is InChI=1S/C14H16ClNO4/c15-12-7-6-11(16(18)19)8-14(12)20-9-13(17)10-4-2-1-3-5-10/h6-8,10H,1-5,9H2. The lowest BCUT2D eigenvalue weighted by atomic mass is 9.86. The fraction of sp³-hybridized carbons (Fsp3) is 0.500. The molecule has 0 bridgehead atoms. The number of carbonyl (C=O) groups excluding carboxylic acids is 1. The minimum absolute atomic E-state index is 0.0484. The summed E-state index contributed by atoms with van der Waals surface area (Å²) in [5.74, 6) is 0.290. The molecule has 0 unspecified atom stereocenters. The summed E-state index contributed by atoms with van der Waals surface area (Å²) in [6, 6.07) is 3.95. The Morgan fingerprint density at radius 3 is 2.70 bits per heavy atom. The average molecular weight is 298 g/mol. The highest BCUT2D eigenvalue weighted by Gasteiger charge is 2.22. The predicted molar refractivity (Wildman–Crippen MR) is 75.2 cm³/mol. The lowest BCUT2D eigenvalue weighted by Crippen LogP contribution is -2.23. The maximum Gasteiger partial charge on any atom is 0.273 e. The number of hydrogen-bond donors (Lipinski definition) is 0. The first-order valence-corrected chi connectivity index (χ1v) is 7.05. The third-order valence-electron chi connectivity index (χ3n) is 3.56. The van der Waals surface area contributed by atoms with E-state index >= 15 is 0 Å². The molecule has 0 atom stereocenters. The normalized spacial score (nSPS) is 15.8. The molecule has 2 rings (SSSR count). The minimum atomic E-state index is -0.522. The zero-order valence-electron chi connectivity index (χ0n) is 11.0. The van der Waals surface area contributed by atoms with Crippen molar-refractivity contribution in [3.63, 3.8) is 0 Å². The number of halogens is 1. The van der Waals surface area contributed by atoms with E-state index in [1.165, 1.54) is 24.6 Å². The number of carbonyl (C=O) groups is 1. The number of rotatable bonds is 5. The van der Waals surface area contributed by atoms with Gasteiger partial charge in [-0.15, -0.1) is 0 Å². The molecule has 0 amide bonds. The third-order valence-corrected chi connectivity index (χ3v) is 3.87. The molecule has 1 aromatic carbocycles. The van der Waals surface area contributed by atoms with Crippen LogP contribution in [0.25, 0.3) is 0 Å². The fourth-order valence-electron chi connectivity index (χ4n) is 2.41. The second-order valence-corrected chi connectivity index (χ2v) is 5.37. The van der Waals surface area contributed by atoms with Crippen molar-refractivity contribution in [2.45, 2.75) is 32.1 Å². The van der Waals surface area contributed by atoms with Crippen LogP contribution in [0.4, 0.5) is 5.69 Å². The molecule has 0 spiro atoms. The van der Waals surface area contributed by atoms with E-state index in [1.807, 2.05) is 0 Å². The van der Waals surface area contributed by atoms with Crippen LogP contribution in [0.1, 0.15) is 32.1 Å². The number of hydrogen-bond acceptors (Lipinski definition) is 4. The first kappa shape index (κ1) is 14.8. The van der Waals surface area contributed by atoms with Crippen molar-refractivity contribution in [1.82, 2.24) is 0 Å². The second kappa shape index (κ2) is 6.70. The minimum Gasteiger partial charge on any atom is -0.484 e. The number of non-ortho nitro benzene ring substituents is 1. The Morgan fingerprint density at radius 1 is 1.35 bits per heavy atom. The highest BCUT2D eigenvalue weighted by molar-refractivity contribution is 6.32. The van der Waals surface area contributed by atoms with Crippen molar-refractivity contribution >= 4 is 23.1 Å². The van der Waals surface area contributed by atoms with E-state index in [-0.39, 0.29) is 34.8 Å². The predicted octanol–water partition coefficient (Wildman–Crippen LogP) is 3.78. The zero-order valence-corrected chi connectivity index (χ0v) is 11.8. The number of ketones is 1. The van der Waals surface area contributed by atoms with Crippen molar-refractivity contribution in [1.29, 1.82) is 0 Å². The van der Waals surface area contributed by atoms with Gasteiger partial charge < -0.3 is 4.74 Å². The molecule has 0 saturated heterocycles. The van der Waals surface area contributed by atoms with Gasteiger partial charge in [-0.2, -0.15) is 0 Å². The second-order valence-electron chi connectivity index (χ2n) is 4.96. The van der Waals surface area contributed by atoms with E-state index in [4.69, 9.17) is 16.3 Å². The lowest BCUT2D eigenvalue weighted by molar-refractivity contribution is -0.384. The Kier molecular flexibility index (Phi) is 4.95. The van der Waals surface area contributed by atoms with Crippen molar-refractivity contribution in [2.24, 2.45) is 5.92 Å². The number of Topliss-reactive ketones (excluding diaryl/α,β-unsaturated/α-hetero) is 1. The Hall–Kier alpha value is -1.62. The van der Waals surface area contributed by atoms with Crippen molar-refractivity contribution in [3.05, 3.63) is 33.3 Å². The van der Waals surface area contributed by atoms with Gasteiger partial charge in [0, 0.05) is 12.0 Å². The van der Waals surface area contributed by atoms with Crippen LogP contribution in [-0.2, 0) is 4.79 Å².